The number of aromatic nitrogens is 2. The van der Waals surface area contributed by atoms with Gasteiger partial charge in [0, 0.05) is 48.7 Å². The van der Waals surface area contributed by atoms with Crippen molar-refractivity contribution in [2.24, 2.45) is 0 Å². The summed E-state index contributed by atoms with van der Waals surface area (Å²) in [5.74, 6) is 1.01. The first-order valence-corrected chi connectivity index (χ1v) is 14.4. The Balaban J connectivity index is 1.47. The standard InChI is InChI=1S/C31H38ClN5O2/c1-4-9-24(38)15-18-36(5-2)30-25-16-19-37(28-14-7-11-22-10-6-13-26(32)29(22)28)20-27(25)33-31(34-30)39-21-23-12-8-17-35(23)3/h4,6-7,9-11,13-14,23H,5,8,12,15-21H2,1-3H3/b9-4+/t23-/m0/s1. The van der Waals surface area contributed by atoms with Gasteiger partial charge in [0.05, 0.1) is 17.3 Å². The molecule has 3 heterocycles. The fourth-order valence-corrected chi connectivity index (χ4v) is 6.03. The molecule has 0 spiro atoms. The first-order chi connectivity index (χ1) is 19.0. The molecule has 39 heavy (non-hydrogen) atoms. The molecule has 0 N–H and O–H groups in total. The predicted molar refractivity (Wildman–Crippen MR) is 159 cm³/mol. The number of halogens is 1. The maximum atomic E-state index is 12.3. The largest absolute Gasteiger partial charge is 0.462 e. The number of benzene rings is 2. The zero-order chi connectivity index (χ0) is 27.4. The fraction of sp³-hybridized carbons (Fsp3) is 0.452. The van der Waals surface area contributed by atoms with Gasteiger partial charge in [-0.1, -0.05) is 41.9 Å². The summed E-state index contributed by atoms with van der Waals surface area (Å²) in [5, 5.41) is 2.95. The molecule has 1 aromatic heterocycles. The Morgan fingerprint density at radius 3 is 2.77 bits per heavy atom. The maximum Gasteiger partial charge on any atom is 0.318 e. The van der Waals surface area contributed by atoms with Gasteiger partial charge >= 0.3 is 6.01 Å². The van der Waals surface area contributed by atoms with Crippen LogP contribution in [0.15, 0.2) is 48.6 Å². The molecule has 0 aliphatic carbocycles. The van der Waals surface area contributed by atoms with E-state index in [9.17, 15) is 4.79 Å². The van der Waals surface area contributed by atoms with Crippen LogP contribution in [0.5, 0.6) is 6.01 Å². The lowest BCUT2D eigenvalue weighted by Gasteiger charge is -2.34. The molecule has 206 valence electrons. The molecule has 2 aromatic carbocycles. The minimum absolute atomic E-state index is 0.124. The Morgan fingerprint density at radius 1 is 1.21 bits per heavy atom. The number of ether oxygens (including phenoxy) is 1. The normalized spacial score (nSPS) is 17.6. The van der Waals surface area contributed by atoms with Crippen LogP contribution >= 0.6 is 11.6 Å². The quantitative estimate of drug-likeness (QED) is 0.303. The van der Waals surface area contributed by atoms with Crippen molar-refractivity contribution in [3.8, 4) is 6.01 Å². The summed E-state index contributed by atoms with van der Waals surface area (Å²) in [5.41, 5.74) is 3.23. The number of hydrogen-bond acceptors (Lipinski definition) is 7. The number of hydrogen-bond donors (Lipinski definition) is 0. The Morgan fingerprint density at radius 2 is 2.03 bits per heavy atom. The number of ketones is 1. The van der Waals surface area contributed by atoms with Gasteiger partial charge in [-0.2, -0.15) is 9.97 Å². The van der Waals surface area contributed by atoms with E-state index in [2.05, 4.69) is 52.9 Å². The molecule has 0 saturated carbocycles. The van der Waals surface area contributed by atoms with Crippen LogP contribution in [0.4, 0.5) is 11.5 Å². The van der Waals surface area contributed by atoms with Crippen LogP contribution in [-0.2, 0) is 17.8 Å². The molecular formula is C31H38ClN5O2. The number of likely N-dealkylation sites (tertiary alicyclic amines) is 1. The molecule has 1 saturated heterocycles. The molecule has 8 heteroatoms. The van der Waals surface area contributed by atoms with Crippen LogP contribution in [0.1, 0.15) is 44.4 Å². The summed E-state index contributed by atoms with van der Waals surface area (Å²) in [7, 11) is 2.15. The van der Waals surface area contributed by atoms with Gasteiger partial charge in [-0.25, -0.2) is 0 Å². The van der Waals surface area contributed by atoms with Crippen molar-refractivity contribution in [3.63, 3.8) is 0 Å². The van der Waals surface area contributed by atoms with Crippen molar-refractivity contribution in [2.75, 3.05) is 49.6 Å². The van der Waals surface area contributed by atoms with Gasteiger partial charge in [0.2, 0.25) is 0 Å². The van der Waals surface area contributed by atoms with E-state index in [-0.39, 0.29) is 5.78 Å². The van der Waals surface area contributed by atoms with Crippen molar-refractivity contribution < 1.29 is 9.53 Å². The summed E-state index contributed by atoms with van der Waals surface area (Å²) in [6.45, 7) is 8.48. The van der Waals surface area contributed by atoms with E-state index in [4.69, 9.17) is 26.3 Å². The smallest absolute Gasteiger partial charge is 0.318 e. The molecule has 0 amide bonds. The van der Waals surface area contributed by atoms with Crippen molar-refractivity contribution >= 4 is 39.7 Å². The van der Waals surface area contributed by atoms with E-state index >= 15 is 0 Å². The molecule has 2 aliphatic rings. The predicted octanol–water partition coefficient (Wildman–Crippen LogP) is 5.68. The molecule has 0 radical (unpaired) electrons. The van der Waals surface area contributed by atoms with Crippen LogP contribution < -0.4 is 14.5 Å². The van der Waals surface area contributed by atoms with Gasteiger partial charge in [0.1, 0.15) is 12.4 Å². The number of fused-ring (bicyclic) bond motifs is 2. The van der Waals surface area contributed by atoms with Crippen molar-refractivity contribution in [1.82, 2.24) is 14.9 Å². The fourth-order valence-electron chi connectivity index (χ4n) is 5.75. The van der Waals surface area contributed by atoms with Gasteiger partial charge in [-0.3, -0.25) is 4.79 Å². The molecule has 3 aromatic rings. The number of rotatable bonds is 10. The zero-order valence-electron chi connectivity index (χ0n) is 23.2. The molecule has 2 aliphatic heterocycles. The van der Waals surface area contributed by atoms with E-state index in [1.54, 1.807) is 12.2 Å². The third kappa shape index (κ3) is 6.04. The summed E-state index contributed by atoms with van der Waals surface area (Å²) in [6, 6.07) is 13.2. The second-order valence-electron chi connectivity index (χ2n) is 10.4. The SMILES string of the molecule is C/C=C/C(=O)CCN(CC)c1nc(OC[C@@H]2CCCN2C)nc2c1CCN(c1cccc3cccc(Cl)c13)C2. The van der Waals surface area contributed by atoms with Crippen LogP contribution in [0, 0.1) is 0 Å². The molecular weight excluding hydrogens is 510 g/mol. The van der Waals surface area contributed by atoms with Gasteiger partial charge in [-0.05, 0) is 70.3 Å². The average Bonchev–Trinajstić information content (AvgIpc) is 3.36. The monoisotopic (exact) mass is 547 g/mol. The molecule has 5 rings (SSSR count). The lowest BCUT2D eigenvalue weighted by molar-refractivity contribution is -0.114. The van der Waals surface area contributed by atoms with Crippen molar-refractivity contribution in [2.45, 2.75) is 52.1 Å². The molecule has 1 fully saturated rings. The number of anilines is 2. The Bertz CT molecular complexity index is 1360. The summed E-state index contributed by atoms with van der Waals surface area (Å²) >= 11 is 6.68. The Hall–Kier alpha value is -3.16. The highest BCUT2D eigenvalue weighted by Crippen LogP contribution is 2.37. The van der Waals surface area contributed by atoms with E-state index < -0.39 is 0 Å². The topological polar surface area (TPSA) is 61.8 Å². The molecule has 1 atom stereocenters. The lowest BCUT2D eigenvalue weighted by atomic mass is 10.0. The van der Waals surface area contributed by atoms with Gasteiger partial charge < -0.3 is 19.4 Å². The Kier molecular flexibility index (Phi) is 8.68. The molecule has 0 bridgehead atoms. The van der Waals surface area contributed by atoms with Crippen LogP contribution in [0.2, 0.25) is 5.02 Å². The summed E-state index contributed by atoms with van der Waals surface area (Å²) < 4.78 is 6.25. The second-order valence-corrected chi connectivity index (χ2v) is 10.8. The minimum Gasteiger partial charge on any atom is -0.462 e. The number of carbonyl (C=O) groups is 1. The van der Waals surface area contributed by atoms with E-state index in [1.165, 1.54) is 6.42 Å². The Labute approximate surface area is 236 Å². The highest BCUT2D eigenvalue weighted by Gasteiger charge is 2.28. The number of carbonyl (C=O) groups excluding carboxylic acids is 1. The maximum absolute atomic E-state index is 12.3. The lowest BCUT2D eigenvalue weighted by Crippen LogP contribution is -2.35. The number of allylic oxidation sites excluding steroid dienone is 2. The van der Waals surface area contributed by atoms with E-state index in [0.717, 1.165) is 71.0 Å². The third-order valence-corrected chi connectivity index (χ3v) is 8.25. The minimum atomic E-state index is 0.124. The zero-order valence-corrected chi connectivity index (χ0v) is 24.0. The third-order valence-electron chi connectivity index (χ3n) is 7.93. The van der Waals surface area contributed by atoms with Crippen molar-refractivity contribution in [3.05, 3.63) is 64.8 Å². The van der Waals surface area contributed by atoms with Gasteiger partial charge in [-0.15, -0.1) is 0 Å². The van der Waals surface area contributed by atoms with E-state index in [0.29, 0.717) is 38.2 Å². The first kappa shape index (κ1) is 27.4. The van der Waals surface area contributed by atoms with Gasteiger partial charge in [0.15, 0.2) is 5.78 Å². The highest BCUT2D eigenvalue weighted by molar-refractivity contribution is 6.36. The average molecular weight is 548 g/mol. The van der Waals surface area contributed by atoms with Gasteiger partial charge in [0.25, 0.3) is 0 Å². The van der Waals surface area contributed by atoms with Crippen LogP contribution in [0.25, 0.3) is 10.8 Å². The first-order valence-electron chi connectivity index (χ1n) is 14.0. The summed E-state index contributed by atoms with van der Waals surface area (Å²) in [4.78, 5) is 29.0. The number of likely N-dealkylation sites (N-methyl/N-ethyl adjacent to an activating group) is 1. The highest BCUT2D eigenvalue weighted by atomic mass is 35.5. The summed E-state index contributed by atoms with van der Waals surface area (Å²) in [6.07, 6.45) is 7.00. The molecule has 7 nitrogen and oxygen atoms in total. The van der Waals surface area contributed by atoms with Crippen molar-refractivity contribution in [1.29, 1.82) is 0 Å². The van der Waals surface area contributed by atoms with Crippen LogP contribution in [-0.4, -0.2) is 66.5 Å². The van der Waals surface area contributed by atoms with Crippen LogP contribution in [0.3, 0.4) is 0 Å². The molecule has 0 unspecified atom stereocenters. The number of nitrogens with zero attached hydrogens (tertiary/aromatic N) is 5. The second kappa shape index (κ2) is 12.3. The van der Waals surface area contributed by atoms with E-state index in [1.807, 2.05) is 19.1 Å².